The molecule has 1 N–H and O–H groups in total. The second kappa shape index (κ2) is 7.24. The molecule has 5 rings (SSSR count). The summed E-state index contributed by atoms with van der Waals surface area (Å²) in [6, 6.07) is 7.10. The van der Waals surface area contributed by atoms with Gasteiger partial charge in [0.05, 0.1) is 6.54 Å². The average molecular weight is 397 g/mol. The highest BCUT2D eigenvalue weighted by Gasteiger charge is 2.58. The zero-order chi connectivity index (χ0) is 20.0. The van der Waals surface area contributed by atoms with E-state index in [9.17, 15) is 9.18 Å². The fourth-order valence-electron chi connectivity index (χ4n) is 5.33. The smallest absolute Gasteiger partial charge is 0.226 e. The molecule has 1 amide bonds. The van der Waals surface area contributed by atoms with Crippen LogP contribution in [0.5, 0.6) is 0 Å². The Kier molecular flexibility index (Phi) is 4.69. The molecule has 1 spiro atoms. The molecule has 3 aliphatic rings. The van der Waals surface area contributed by atoms with E-state index in [0.29, 0.717) is 23.9 Å². The van der Waals surface area contributed by atoms with Crippen LogP contribution >= 0.6 is 0 Å². The number of hydrogen-bond donors (Lipinski definition) is 1. The molecule has 1 aliphatic heterocycles. The van der Waals surface area contributed by atoms with Gasteiger partial charge in [0.15, 0.2) is 0 Å². The molecule has 1 aromatic heterocycles. The van der Waals surface area contributed by atoms with Crippen molar-refractivity contribution in [2.75, 3.05) is 13.1 Å². The van der Waals surface area contributed by atoms with Crippen molar-refractivity contribution in [3.05, 3.63) is 53.9 Å². The van der Waals surface area contributed by atoms with Crippen LogP contribution in [-0.4, -0.2) is 39.5 Å². The first-order chi connectivity index (χ1) is 14.1. The third kappa shape index (κ3) is 3.48. The minimum absolute atomic E-state index is 0.0738. The Morgan fingerprint density at radius 1 is 1.28 bits per heavy atom. The van der Waals surface area contributed by atoms with E-state index < -0.39 is 0 Å². The van der Waals surface area contributed by atoms with Gasteiger partial charge in [-0.25, -0.2) is 9.37 Å². The van der Waals surface area contributed by atoms with E-state index >= 15 is 0 Å². The van der Waals surface area contributed by atoms with Crippen molar-refractivity contribution < 1.29 is 9.18 Å². The molecule has 2 aromatic rings. The Hall–Kier alpha value is -2.21. The van der Waals surface area contributed by atoms with E-state index in [1.165, 1.54) is 12.1 Å². The number of halogens is 1. The predicted octanol–water partition coefficient (Wildman–Crippen LogP) is 3.22. The highest BCUT2D eigenvalue weighted by Crippen LogP contribution is 2.57. The number of benzene rings is 1. The Morgan fingerprint density at radius 3 is 2.66 bits per heavy atom. The van der Waals surface area contributed by atoms with Crippen LogP contribution < -0.4 is 5.32 Å². The van der Waals surface area contributed by atoms with Crippen molar-refractivity contribution in [1.29, 1.82) is 0 Å². The molecule has 2 saturated carbocycles. The molecule has 0 radical (unpaired) electrons. The van der Waals surface area contributed by atoms with Crippen molar-refractivity contribution in [2.24, 2.45) is 18.4 Å². The van der Waals surface area contributed by atoms with Crippen LogP contribution in [0.1, 0.15) is 49.4 Å². The summed E-state index contributed by atoms with van der Waals surface area (Å²) in [5.74, 6) is 1.47. The quantitative estimate of drug-likeness (QED) is 0.844. The van der Waals surface area contributed by atoms with Crippen LogP contribution in [0.15, 0.2) is 36.7 Å². The van der Waals surface area contributed by atoms with Crippen LogP contribution in [0.2, 0.25) is 0 Å². The summed E-state index contributed by atoms with van der Waals surface area (Å²) in [6.45, 7) is 2.70. The minimum atomic E-state index is -0.206. The number of nitrogens with zero attached hydrogens (tertiary/aromatic N) is 3. The molecule has 6 heteroatoms. The molecule has 1 saturated heterocycles. The summed E-state index contributed by atoms with van der Waals surface area (Å²) in [7, 11) is 1.99. The maximum atomic E-state index is 13.5. The summed E-state index contributed by atoms with van der Waals surface area (Å²) >= 11 is 0. The first-order valence-corrected chi connectivity index (χ1v) is 10.8. The lowest BCUT2D eigenvalue weighted by atomic mass is 9.70. The number of carbonyl (C=O) groups is 1. The average Bonchev–Trinajstić information content (AvgIpc) is 3.19. The van der Waals surface area contributed by atoms with Crippen LogP contribution in [0.4, 0.5) is 4.39 Å². The molecule has 1 atom stereocenters. The summed E-state index contributed by atoms with van der Waals surface area (Å²) < 4.78 is 15.2. The van der Waals surface area contributed by atoms with E-state index in [1.807, 2.05) is 29.9 Å². The van der Waals surface area contributed by atoms with Crippen LogP contribution in [0, 0.1) is 17.2 Å². The largest absolute Gasteiger partial charge is 0.337 e. The first-order valence-electron chi connectivity index (χ1n) is 10.8. The number of amides is 1. The van der Waals surface area contributed by atoms with Crippen LogP contribution in [0.3, 0.4) is 0 Å². The lowest BCUT2D eigenvalue weighted by Gasteiger charge is -2.39. The molecule has 5 nitrogen and oxygen atoms in total. The monoisotopic (exact) mass is 396 g/mol. The van der Waals surface area contributed by atoms with Gasteiger partial charge in [0.25, 0.3) is 0 Å². The van der Waals surface area contributed by atoms with Gasteiger partial charge < -0.3 is 14.8 Å². The van der Waals surface area contributed by atoms with Crippen molar-refractivity contribution in [3.8, 4) is 0 Å². The molecule has 2 aliphatic carbocycles. The molecule has 2 heterocycles. The van der Waals surface area contributed by atoms with Gasteiger partial charge in [0.2, 0.25) is 5.91 Å². The summed E-state index contributed by atoms with van der Waals surface area (Å²) in [5.41, 5.74) is 1.46. The molecule has 154 valence electrons. The van der Waals surface area contributed by atoms with Gasteiger partial charge in [-0.05, 0) is 74.2 Å². The zero-order valence-electron chi connectivity index (χ0n) is 17.0. The SMILES string of the molecule is Cn1ccnc1CN(C(=O)C1CC(c2ccc(F)cc2)C1)[C@H]1CC12CCNCC2. The number of carbonyl (C=O) groups excluding carboxylic acids is 1. The predicted molar refractivity (Wildman–Crippen MR) is 109 cm³/mol. The Labute approximate surface area is 171 Å². The molecular formula is C23H29FN4O. The molecular weight excluding hydrogens is 367 g/mol. The molecule has 3 fully saturated rings. The van der Waals surface area contributed by atoms with E-state index in [0.717, 1.165) is 56.6 Å². The zero-order valence-corrected chi connectivity index (χ0v) is 17.0. The Balaban J connectivity index is 1.29. The summed E-state index contributed by atoms with van der Waals surface area (Å²) in [5, 5.41) is 3.45. The van der Waals surface area contributed by atoms with Gasteiger partial charge in [-0.1, -0.05) is 12.1 Å². The number of hydrogen-bond acceptors (Lipinski definition) is 3. The van der Waals surface area contributed by atoms with Gasteiger partial charge in [-0.3, -0.25) is 4.79 Å². The molecule has 29 heavy (non-hydrogen) atoms. The van der Waals surface area contributed by atoms with Crippen LogP contribution in [-0.2, 0) is 18.4 Å². The number of rotatable bonds is 5. The van der Waals surface area contributed by atoms with Crippen molar-refractivity contribution in [1.82, 2.24) is 19.8 Å². The Morgan fingerprint density at radius 2 is 2.00 bits per heavy atom. The van der Waals surface area contributed by atoms with E-state index in [4.69, 9.17) is 0 Å². The van der Waals surface area contributed by atoms with Crippen molar-refractivity contribution in [2.45, 2.75) is 50.6 Å². The number of piperidine rings is 1. The fraction of sp³-hybridized carbons (Fsp3) is 0.565. The van der Waals surface area contributed by atoms with Gasteiger partial charge >= 0.3 is 0 Å². The van der Waals surface area contributed by atoms with E-state index in [2.05, 4.69) is 15.2 Å². The lowest BCUT2D eigenvalue weighted by molar-refractivity contribution is -0.141. The minimum Gasteiger partial charge on any atom is -0.337 e. The third-order valence-corrected chi connectivity index (χ3v) is 7.47. The molecule has 0 unspecified atom stereocenters. The lowest BCUT2D eigenvalue weighted by Crippen LogP contribution is -2.45. The maximum absolute atomic E-state index is 13.5. The number of aryl methyl sites for hydroxylation is 1. The van der Waals surface area contributed by atoms with E-state index in [-0.39, 0.29) is 17.6 Å². The molecule has 0 bridgehead atoms. The van der Waals surface area contributed by atoms with Gasteiger partial charge in [0, 0.05) is 31.4 Å². The van der Waals surface area contributed by atoms with Gasteiger partial charge in [-0.15, -0.1) is 0 Å². The fourth-order valence-corrected chi connectivity index (χ4v) is 5.33. The van der Waals surface area contributed by atoms with Gasteiger partial charge in [0.1, 0.15) is 11.6 Å². The van der Waals surface area contributed by atoms with E-state index in [1.54, 1.807) is 6.20 Å². The highest BCUT2D eigenvalue weighted by molar-refractivity contribution is 5.81. The number of aromatic nitrogens is 2. The second-order valence-corrected chi connectivity index (χ2v) is 9.17. The third-order valence-electron chi connectivity index (χ3n) is 7.47. The number of nitrogens with one attached hydrogen (secondary N) is 1. The topological polar surface area (TPSA) is 50.2 Å². The van der Waals surface area contributed by atoms with Crippen molar-refractivity contribution >= 4 is 5.91 Å². The van der Waals surface area contributed by atoms with Crippen molar-refractivity contribution in [3.63, 3.8) is 0 Å². The first kappa shape index (κ1) is 18.8. The standard InChI is InChI=1S/C23H29FN4O/c1-27-11-10-26-21(27)15-28(20-14-23(20)6-8-25-9-7-23)22(29)18-12-17(13-18)16-2-4-19(24)5-3-16/h2-5,10-11,17-18,20,25H,6-9,12-15H2,1H3/t17?,18?,20-/m0/s1. The van der Waals surface area contributed by atoms with Gasteiger partial charge in [-0.2, -0.15) is 0 Å². The maximum Gasteiger partial charge on any atom is 0.226 e. The molecule has 1 aromatic carbocycles. The highest BCUT2D eigenvalue weighted by atomic mass is 19.1. The number of imidazole rings is 1. The summed E-state index contributed by atoms with van der Waals surface area (Å²) in [4.78, 5) is 20.1. The second-order valence-electron chi connectivity index (χ2n) is 9.17. The van der Waals surface area contributed by atoms with Crippen LogP contribution in [0.25, 0.3) is 0 Å². The Bertz CT molecular complexity index is 881. The summed E-state index contributed by atoms with van der Waals surface area (Å²) in [6.07, 6.45) is 8.92. The normalized spacial score (nSPS) is 27.4.